The Morgan fingerprint density at radius 3 is 1.46 bits per heavy atom. The Morgan fingerprint density at radius 1 is 0.577 bits per heavy atom. The molecule has 0 aromatic heterocycles. The molecule has 6 nitrogen and oxygen atoms in total. The third kappa shape index (κ3) is 34.6. The predicted octanol–water partition coefficient (Wildman–Crippen LogP) is 12.1. The van der Waals surface area contributed by atoms with E-state index in [0.717, 1.165) is 70.6 Å². The van der Waals surface area contributed by atoms with Crippen molar-refractivity contribution in [3.63, 3.8) is 0 Å². The molecule has 0 saturated heterocycles. The van der Waals surface area contributed by atoms with Crippen LogP contribution in [0.4, 0.5) is 0 Å². The molecule has 0 rings (SSSR count). The van der Waals surface area contributed by atoms with Crippen molar-refractivity contribution in [2.75, 3.05) is 6.61 Å². The van der Waals surface area contributed by atoms with E-state index in [4.69, 9.17) is 4.74 Å². The van der Waals surface area contributed by atoms with Gasteiger partial charge in [0.25, 0.3) is 0 Å². The lowest BCUT2D eigenvalue weighted by Crippen LogP contribution is -2.46. The highest BCUT2D eigenvalue weighted by atomic mass is 16.5. The smallest absolute Gasteiger partial charge is 0.306 e. The highest BCUT2D eigenvalue weighted by Gasteiger charge is 2.23. The predicted molar refractivity (Wildman–Crippen MR) is 222 cm³/mol. The highest BCUT2D eigenvalue weighted by Crippen LogP contribution is 2.16. The first-order valence-corrected chi connectivity index (χ1v) is 21.5. The Kier molecular flexibility index (Phi) is 37.9. The summed E-state index contributed by atoms with van der Waals surface area (Å²) in [5, 5.41) is 23.5. The van der Waals surface area contributed by atoms with Crippen molar-refractivity contribution in [3.05, 3.63) is 60.8 Å². The lowest BCUT2D eigenvalue weighted by atomic mass is 10.0. The molecule has 52 heavy (non-hydrogen) atoms. The third-order valence-corrected chi connectivity index (χ3v) is 9.37. The van der Waals surface area contributed by atoms with Crippen molar-refractivity contribution in [2.24, 2.45) is 0 Å². The van der Waals surface area contributed by atoms with Gasteiger partial charge in [-0.25, -0.2) is 0 Å². The molecular weight excluding hydrogens is 647 g/mol. The summed E-state index contributed by atoms with van der Waals surface area (Å²) < 4.78 is 5.82. The van der Waals surface area contributed by atoms with E-state index in [0.29, 0.717) is 19.3 Å². The van der Waals surface area contributed by atoms with Crippen LogP contribution in [-0.2, 0) is 14.3 Å². The molecule has 1 amide bonds. The van der Waals surface area contributed by atoms with Gasteiger partial charge >= 0.3 is 5.97 Å². The Labute approximate surface area is 320 Å². The number of carbonyl (C=O) groups is 2. The number of nitrogens with one attached hydrogen (secondary N) is 1. The largest absolute Gasteiger partial charge is 0.462 e. The van der Waals surface area contributed by atoms with Gasteiger partial charge in [-0.15, -0.1) is 0 Å². The first-order valence-electron chi connectivity index (χ1n) is 21.5. The second-order valence-electron chi connectivity index (χ2n) is 14.4. The normalized spacial score (nSPS) is 14.0. The average Bonchev–Trinajstić information content (AvgIpc) is 3.13. The van der Waals surface area contributed by atoms with Gasteiger partial charge in [0, 0.05) is 6.42 Å². The third-order valence-electron chi connectivity index (χ3n) is 9.37. The Bertz CT molecular complexity index is 952. The van der Waals surface area contributed by atoms with E-state index in [1.54, 1.807) is 0 Å². The zero-order valence-corrected chi connectivity index (χ0v) is 33.9. The van der Waals surface area contributed by atoms with Crippen LogP contribution in [-0.4, -0.2) is 46.9 Å². The molecule has 0 aliphatic rings. The Balaban J connectivity index is 4.60. The summed E-state index contributed by atoms with van der Waals surface area (Å²) in [4.78, 5) is 25.8. The van der Waals surface area contributed by atoms with E-state index in [1.807, 2.05) is 6.08 Å². The van der Waals surface area contributed by atoms with Crippen LogP contribution in [0.5, 0.6) is 0 Å². The molecule has 300 valence electrons. The van der Waals surface area contributed by atoms with E-state index in [9.17, 15) is 19.8 Å². The average molecular weight is 728 g/mol. The maximum atomic E-state index is 13.0. The lowest BCUT2D eigenvalue weighted by molar-refractivity contribution is -0.150. The van der Waals surface area contributed by atoms with E-state index >= 15 is 0 Å². The molecule has 0 aromatic carbocycles. The fraction of sp³-hybridized carbons (Fsp3) is 0.739. The summed E-state index contributed by atoms with van der Waals surface area (Å²) in [5.74, 6) is -0.582. The standard InChI is InChI=1S/C46H81NO5/c1-4-7-10-13-16-18-20-21-22-23-24-25-27-30-33-36-39-46(51)52-42(37-34-31-28-15-12-9-6-3)40-45(50)47-43(41-48)44(49)38-35-32-29-26-19-17-14-11-8-5-2/h7,10,16,18,21-22,24-25,30,33,42-44,48-49H,4-6,8-9,11-15,17,19-20,23,26-29,31-32,34-41H2,1-3H3,(H,47,50)/b10-7+,18-16+,22-21+,25-24+,33-30+. The van der Waals surface area contributed by atoms with Gasteiger partial charge in [0.15, 0.2) is 0 Å². The molecule has 6 heteroatoms. The van der Waals surface area contributed by atoms with Crippen LogP contribution in [0, 0.1) is 0 Å². The van der Waals surface area contributed by atoms with Crippen LogP contribution in [0.25, 0.3) is 0 Å². The second kappa shape index (κ2) is 39.8. The minimum atomic E-state index is -0.796. The quantitative estimate of drug-likeness (QED) is 0.0336. The maximum absolute atomic E-state index is 13.0. The second-order valence-corrected chi connectivity index (χ2v) is 14.4. The van der Waals surface area contributed by atoms with Gasteiger partial charge in [-0.2, -0.15) is 0 Å². The number of allylic oxidation sites excluding steroid dienone is 10. The van der Waals surface area contributed by atoms with Crippen LogP contribution in [0.1, 0.15) is 194 Å². The monoisotopic (exact) mass is 728 g/mol. The van der Waals surface area contributed by atoms with Crippen molar-refractivity contribution in [3.8, 4) is 0 Å². The van der Waals surface area contributed by atoms with Gasteiger partial charge in [0.1, 0.15) is 6.10 Å². The fourth-order valence-electron chi connectivity index (χ4n) is 6.12. The molecule has 0 saturated carbocycles. The van der Waals surface area contributed by atoms with E-state index < -0.39 is 18.2 Å². The first kappa shape index (κ1) is 49.6. The molecule has 0 radical (unpaired) electrons. The summed E-state index contributed by atoms with van der Waals surface area (Å²) in [6.45, 7) is 6.28. The number of unbranched alkanes of at least 4 members (excludes halogenated alkanes) is 15. The van der Waals surface area contributed by atoms with Crippen molar-refractivity contribution < 1.29 is 24.5 Å². The number of hydrogen-bond acceptors (Lipinski definition) is 5. The van der Waals surface area contributed by atoms with Gasteiger partial charge < -0.3 is 20.3 Å². The van der Waals surface area contributed by atoms with E-state index in [1.165, 1.54) is 70.6 Å². The number of rotatable bonds is 37. The van der Waals surface area contributed by atoms with Crippen molar-refractivity contribution >= 4 is 11.9 Å². The number of esters is 1. The van der Waals surface area contributed by atoms with Gasteiger partial charge in [0.2, 0.25) is 5.91 Å². The number of aliphatic hydroxyl groups excluding tert-OH is 2. The summed E-state index contributed by atoms with van der Waals surface area (Å²) in [6, 6.07) is -0.712. The Hall–Kier alpha value is -2.44. The maximum Gasteiger partial charge on any atom is 0.306 e. The molecule has 0 bridgehead atoms. The van der Waals surface area contributed by atoms with E-state index in [2.05, 4.69) is 80.8 Å². The molecule has 3 atom stereocenters. The molecule has 0 aliphatic carbocycles. The summed E-state index contributed by atoms with van der Waals surface area (Å²) >= 11 is 0. The minimum absolute atomic E-state index is 0.0464. The van der Waals surface area contributed by atoms with Crippen LogP contribution in [0.2, 0.25) is 0 Å². The fourth-order valence-corrected chi connectivity index (χ4v) is 6.12. The zero-order chi connectivity index (χ0) is 38.2. The lowest BCUT2D eigenvalue weighted by Gasteiger charge is -2.24. The highest BCUT2D eigenvalue weighted by molar-refractivity contribution is 5.77. The molecular formula is C46H81NO5. The summed E-state index contributed by atoms with van der Waals surface area (Å²) in [5.41, 5.74) is 0. The molecule has 3 N–H and O–H groups in total. The van der Waals surface area contributed by atoms with Crippen LogP contribution in [0.3, 0.4) is 0 Å². The number of amides is 1. The van der Waals surface area contributed by atoms with Crippen LogP contribution < -0.4 is 5.32 Å². The molecule has 0 spiro atoms. The van der Waals surface area contributed by atoms with Gasteiger partial charge in [-0.05, 0) is 57.8 Å². The minimum Gasteiger partial charge on any atom is -0.462 e. The topological polar surface area (TPSA) is 95.9 Å². The molecule has 0 heterocycles. The van der Waals surface area contributed by atoms with Crippen molar-refractivity contribution in [2.45, 2.75) is 212 Å². The summed E-state index contributed by atoms with van der Waals surface area (Å²) in [6.07, 6.45) is 47.3. The number of ether oxygens (including phenoxy) is 1. The molecule has 0 aromatic rings. The van der Waals surface area contributed by atoms with Gasteiger partial charge in [-0.1, -0.05) is 184 Å². The Morgan fingerprint density at radius 2 is 1.00 bits per heavy atom. The SMILES string of the molecule is CC/C=C/C/C=C/C/C=C/C/C=C/C/C=C/CCC(=O)OC(CCCCCCCCC)CC(=O)NC(CO)C(O)CCCCCCCCCCCC. The van der Waals surface area contributed by atoms with Gasteiger partial charge in [-0.3, -0.25) is 9.59 Å². The molecule has 0 fully saturated rings. The summed E-state index contributed by atoms with van der Waals surface area (Å²) in [7, 11) is 0. The van der Waals surface area contributed by atoms with Crippen LogP contribution in [0.15, 0.2) is 60.8 Å². The van der Waals surface area contributed by atoms with Gasteiger partial charge in [0.05, 0.1) is 25.2 Å². The number of carbonyl (C=O) groups excluding carboxylic acids is 2. The molecule has 0 aliphatic heterocycles. The molecule has 3 unspecified atom stereocenters. The van der Waals surface area contributed by atoms with Crippen molar-refractivity contribution in [1.82, 2.24) is 5.32 Å². The first-order chi connectivity index (χ1) is 25.5. The van der Waals surface area contributed by atoms with Crippen molar-refractivity contribution in [1.29, 1.82) is 0 Å². The zero-order valence-electron chi connectivity index (χ0n) is 33.9. The number of aliphatic hydroxyl groups is 2. The van der Waals surface area contributed by atoms with E-state index in [-0.39, 0.29) is 31.3 Å². The van der Waals surface area contributed by atoms with Crippen LogP contribution >= 0.6 is 0 Å². The number of hydrogen-bond donors (Lipinski definition) is 3.